The number of ether oxygens (including phenoxy) is 1. The Bertz CT molecular complexity index is 403. The van der Waals surface area contributed by atoms with E-state index in [0.29, 0.717) is 25.9 Å². The lowest BCUT2D eigenvalue weighted by Crippen LogP contribution is -2.37. The second-order valence-corrected chi connectivity index (χ2v) is 7.40. The fourth-order valence-corrected chi connectivity index (χ4v) is 3.87. The number of hydrogen-bond acceptors (Lipinski definition) is 4. The molecule has 6 nitrogen and oxygen atoms in total. The highest BCUT2D eigenvalue weighted by molar-refractivity contribution is 7.89. The van der Waals surface area contributed by atoms with Gasteiger partial charge in [-0.15, -0.1) is 0 Å². The van der Waals surface area contributed by atoms with Crippen LogP contribution in [0.4, 0.5) is 0 Å². The molecule has 1 aliphatic rings. The molecule has 1 rings (SSSR count). The van der Waals surface area contributed by atoms with Crippen LogP contribution in [0.5, 0.6) is 0 Å². The summed E-state index contributed by atoms with van der Waals surface area (Å²) >= 11 is 0. The minimum atomic E-state index is -3.32. The van der Waals surface area contributed by atoms with Crippen LogP contribution in [0.1, 0.15) is 46.0 Å². The molecule has 1 fully saturated rings. The lowest BCUT2D eigenvalue weighted by Gasteiger charge is -2.16. The third-order valence-electron chi connectivity index (χ3n) is 3.51. The minimum absolute atomic E-state index is 0.0167. The van der Waals surface area contributed by atoms with Crippen LogP contribution in [0.25, 0.3) is 0 Å². The summed E-state index contributed by atoms with van der Waals surface area (Å²) in [6.45, 7) is 4.11. The number of carbonyl (C=O) groups is 1. The smallest absolute Gasteiger partial charge is 0.306 e. The largest absolute Gasteiger partial charge is 0.481 e. The van der Waals surface area contributed by atoms with Gasteiger partial charge in [0.05, 0.1) is 17.8 Å². The Kier molecular flexibility index (Phi) is 6.91. The van der Waals surface area contributed by atoms with Crippen molar-refractivity contribution in [2.24, 2.45) is 5.92 Å². The molecule has 7 heteroatoms. The number of rotatable bonds is 9. The summed E-state index contributed by atoms with van der Waals surface area (Å²) in [5.41, 5.74) is 0. The van der Waals surface area contributed by atoms with Crippen LogP contribution in [-0.2, 0) is 19.6 Å². The van der Waals surface area contributed by atoms with Crippen molar-refractivity contribution < 1.29 is 23.1 Å². The van der Waals surface area contributed by atoms with Crippen molar-refractivity contribution in [1.82, 2.24) is 4.72 Å². The first kappa shape index (κ1) is 17.4. The molecule has 3 unspecified atom stereocenters. The standard InChI is InChI=1S/C13H25NO5S/c1-10(13(15)16)5-3-6-11(2)14-20(17,18)9-12-7-4-8-19-12/h10-12,14H,3-9H2,1-2H3,(H,15,16). The summed E-state index contributed by atoms with van der Waals surface area (Å²) in [5.74, 6) is -1.18. The Morgan fingerprint density at radius 2 is 2.10 bits per heavy atom. The van der Waals surface area contributed by atoms with Gasteiger partial charge in [0, 0.05) is 12.6 Å². The molecule has 0 spiro atoms. The fraction of sp³-hybridized carbons (Fsp3) is 0.923. The molecular formula is C13H25NO5S. The summed E-state index contributed by atoms with van der Waals surface area (Å²) in [6.07, 6.45) is 3.42. The number of carboxylic acid groups (broad SMARTS) is 1. The van der Waals surface area contributed by atoms with Crippen LogP contribution in [0.3, 0.4) is 0 Å². The Hall–Kier alpha value is -0.660. The van der Waals surface area contributed by atoms with Crippen LogP contribution in [0.15, 0.2) is 0 Å². The number of sulfonamides is 1. The molecule has 118 valence electrons. The third-order valence-corrected chi connectivity index (χ3v) is 5.08. The summed E-state index contributed by atoms with van der Waals surface area (Å²) in [4.78, 5) is 10.7. The van der Waals surface area contributed by atoms with Gasteiger partial charge in [-0.2, -0.15) is 0 Å². The zero-order chi connectivity index (χ0) is 15.2. The van der Waals surface area contributed by atoms with Crippen molar-refractivity contribution in [3.8, 4) is 0 Å². The first-order chi connectivity index (χ1) is 9.30. The molecule has 1 saturated heterocycles. The maximum atomic E-state index is 11.9. The second kappa shape index (κ2) is 7.95. The van der Waals surface area contributed by atoms with Gasteiger partial charge in [0.25, 0.3) is 0 Å². The summed E-state index contributed by atoms with van der Waals surface area (Å²) in [7, 11) is -3.32. The Morgan fingerprint density at radius 3 is 2.65 bits per heavy atom. The molecular weight excluding hydrogens is 282 g/mol. The van der Waals surface area contributed by atoms with E-state index in [1.165, 1.54) is 0 Å². The molecule has 0 aromatic carbocycles. The number of nitrogens with one attached hydrogen (secondary N) is 1. The first-order valence-electron chi connectivity index (χ1n) is 7.14. The van der Waals surface area contributed by atoms with Crippen molar-refractivity contribution in [2.75, 3.05) is 12.4 Å². The lowest BCUT2D eigenvalue weighted by molar-refractivity contribution is -0.141. The van der Waals surface area contributed by atoms with E-state index in [0.717, 1.165) is 12.8 Å². The zero-order valence-electron chi connectivity index (χ0n) is 12.2. The quantitative estimate of drug-likeness (QED) is 0.671. The number of hydrogen-bond donors (Lipinski definition) is 2. The lowest BCUT2D eigenvalue weighted by atomic mass is 10.0. The van der Waals surface area contributed by atoms with E-state index in [4.69, 9.17) is 9.84 Å². The maximum Gasteiger partial charge on any atom is 0.306 e. The van der Waals surface area contributed by atoms with Crippen molar-refractivity contribution >= 4 is 16.0 Å². The van der Waals surface area contributed by atoms with Gasteiger partial charge in [0.1, 0.15) is 0 Å². The van der Waals surface area contributed by atoms with Gasteiger partial charge in [-0.3, -0.25) is 4.79 Å². The van der Waals surface area contributed by atoms with E-state index >= 15 is 0 Å². The average Bonchev–Trinajstić information content (AvgIpc) is 2.79. The first-order valence-corrected chi connectivity index (χ1v) is 8.80. The number of aliphatic carboxylic acids is 1. The van der Waals surface area contributed by atoms with E-state index in [2.05, 4.69) is 4.72 Å². The summed E-state index contributed by atoms with van der Waals surface area (Å²) in [5, 5.41) is 8.77. The molecule has 1 aliphatic heterocycles. The van der Waals surface area contributed by atoms with Crippen LogP contribution < -0.4 is 4.72 Å². The van der Waals surface area contributed by atoms with Crippen LogP contribution in [0, 0.1) is 5.92 Å². The highest BCUT2D eigenvalue weighted by atomic mass is 32.2. The molecule has 0 aromatic heterocycles. The van der Waals surface area contributed by atoms with Crippen molar-refractivity contribution in [1.29, 1.82) is 0 Å². The van der Waals surface area contributed by atoms with Crippen molar-refractivity contribution in [3.63, 3.8) is 0 Å². The predicted molar refractivity (Wildman–Crippen MR) is 76.0 cm³/mol. The van der Waals surface area contributed by atoms with Gasteiger partial charge < -0.3 is 9.84 Å². The zero-order valence-corrected chi connectivity index (χ0v) is 13.0. The van der Waals surface area contributed by atoms with E-state index < -0.39 is 16.0 Å². The summed E-state index contributed by atoms with van der Waals surface area (Å²) in [6, 6.07) is -0.178. The molecule has 0 aromatic rings. The van der Waals surface area contributed by atoms with E-state index in [1.54, 1.807) is 13.8 Å². The van der Waals surface area contributed by atoms with Crippen LogP contribution in [-0.4, -0.2) is 44.0 Å². The Labute approximate surface area is 120 Å². The average molecular weight is 307 g/mol. The fourth-order valence-electron chi connectivity index (χ4n) is 2.29. The van der Waals surface area contributed by atoms with E-state index in [1.807, 2.05) is 0 Å². The predicted octanol–water partition coefficient (Wildman–Crippen LogP) is 1.36. The van der Waals surface area contributed by atoms with Gasteiger partial charge >= 0.3 is 5.97 Å². The summed E-state index contributed by atoms with van der Waals surface area (Å²) < 4.78 is 31.8. The normalized spacial score (nSPS) is 22.6. The molecule has 0 amide bonds. The molecule has 3 atom stereocenters. The minimum Gasteiger partial charge on any atom is -0.481 e. The van der Waals surface area contributed by atoms with Gasteiger partial charge in [-0.25, -0.2) is 13.1 Å². The SMILES string of the molecule is CC(CCCC(C)C(=O)O)NS(=O)(=O)CC1CCCO1. The molecule has 20 heavy (non-hydrogen) atoms. The number of carboxylic acids is 1. The van der Waals surface area contributed by atoms with Crippen molar-refractivity contribution in [3.05, 3.63) is 0 Å². The van der Waals surface area contributed by atoms with Gasteiger partial charge in [0.2, 0.25) is 10.0 Å². The molecule has 0 saturated carbocycles. The van der Waals surface area contributed by atoms with E-state index in [9.17, 15) is 13.2 Å². The van der Waals surface area contributed by atoms with Gasteiger partial charge in [-0.05, 0) is 32.6 Å². The maximum absolute atomic E-state index is 11.9. The van der Waals surface area contributed by atoms with Crippen molar-refractivity contribution in [2.45, 2.75) is 58.1 Å². The second-order valence-electron chi connectivity index (χ2n) is 5.61. The van der Waals surface area contributed by atoms with E-state index in [-0.39, 0.29) is 23.8 Å². The molecule has 1 heterocycles. The molecule has 0 bridgehead atoms. The molecule has 0 radical (unpaired) electrons. The molecule has 2 N–H and O–H groups in total. The van der Waals surface area contributed by atoms with Crippen LogP contribution >= 0.6 is 0 Å². The topological polar surface area (TPSA) is 92.7 Å². The monoisotopic (exact) mass is 307 g/mol. The van der Waals surface area contributed by atoms with Gasteiger partial charge in [-0.1, -0.05) is 13.3 Å². The highest BCUT2D eigenvalue weighted by Gasteiger charge is 2.24. The molecule has 0 aliphatic carbocycles. The highest BCUT2D eigenvalue weighted by Crippen LogP contribution is 2.14. The Balaban J connectivity index is 2.26. The third kappa shape index (κ3) is 6.67. The van der Waals surface area contributed by atoms with Gasteiger partial charge in [0.15, 0.2) is 0 Å². The Morgan fingerprint density at radius 1 is 1.40 bits per heavy atom. The van der Waals surface area contributed by atoms with Crippen LogP contribution in [0.2, 0.25) is 0 Å².